The largest absolute Gasteiger partial charge is 0.486 e. The number of benzene rings is 2. The number of amides is 2. The molecule has 1 aliphatic carbocycles. The van der Waals surface area contributed by atoms with Gasteiger partial charge >= 0.3 is 0 Å². The molecule has 2 aromatic carbocycles. The maximum absolute atomic E-state index is 12.8. The minimum atomic E-state index is -0.233. The molecule has 8 heteroatoms. The average molecular weight is 466 g/mol. The van der Waals surface area contributed by atoms with Crippen LogP contribution in [0.2, 0.25) is 0 Å². The summed E-state index contributed by atoms with van der Waals surface area (Å²) < 4.78 is 11.2. The van der Waals surface area contributed by atoms with E-state index in [9.17, 15) is 9.59 Å². The van der Waals surface area contributed by atoms with Crippen LogP contribution in [-0.2, 0) is 11.4 Å². The van der Waals surface area contributed by atoms with Gasteiger partial charge in [-0.3, -0.25) is 9.59 Å². The lowest BCUT2D eigenvalue weighted by atomic mass is 9.90. The summed E-state index contributed by atoms with van der Waals surface area (Å²) in [5.41, 5.74) is 0.370. The highest BCUT2D eigenvalue weighted by Crippen LogP contribution is 2.20. The van der Waals surface area contributed by atoms with Crippen molar-refractivity contribution in [1.29, 1.82) is 0 Å². The maximum Gasteiger partial charge on any atom is 0.271 e. The fourth-order valence-electron chi connectivity index (χ4n) is 3.78. The van der Waals surface area contributed by atoms with Crippen LogP contribution >= 0.6 is 11.3 Å². The molecular formula is C25H27N3O4S. The maximum atomic E-state index is 12.8. The molecule has 0 spiro atoms. The van der Waals surface area contributed by atoms with Crippen LogP contribution < -0.4 is 20.1 Å². The van der Waals surface area contributed by atoms with Crippen LogP contribution in [0.4, 0.5) is 0 Å². The molecule has 1 aliphatic rings. The Labute approximate surface area is 197 Å². The number of hydrogen-bond acceptors (Lipinski definition) is 6. The van der Waals surface area contributed by atoms with Gasteiger partial charge < -0.3 is 20.1 Å². The van der Waals surface area contributed by atoms with E-state index in [1.165, 1.54) is 11.3 Å². The van der Waals surface area contributed by atoms with Gasteiger partial charge in [-0.1, -0.05) is 49.2 Å². The third-order valence-corrected chi connectivity index (χ3v) is 6.25. The molecule has 0 bridgehead atoms. The Balaban J connectivity index is 1.28. The number of carbonyl (C=O) groups is 2. The van der Waals surface area contributed by atoms with E-state index < -0.39 is 0 Å². The predicted molar refractivity (Wildman–Crippen MR) is 126 cm³/mol. The summed E-state index contributed by atoms with van der Waals surface area (Å²) in [4.78, 5) is 29.6. The first-order chi connectivity index (χ1) is 16.2. The number of aromatic nitrogens is 1. The van der Waals surface area contributed by atoms with Crippen molar-refractivity contribution < 1.29 is 19.1 Å². The standard InChI is InChI=1S/C25H27N3O4S/c29-23(15-31-18-9-3-1-4-10-18)26-20-13-7-8-14-21(20)28-25(30)22-17-33-24(27-22)16-32-19-11-5-2-6-12-19/h1-6,9-12,17,20-21H,7-8,13-16H2,(H,26,29)(H,28,30)/t20-,21+/m1/s1. The van der Waals surface area contributed by atoms with Gasteiger partial charge in [0.15, 0.2) is 6.61 Å². The van der Waals surface area contributed by atoms with Crippen LogP contribution in [0.25, 0.3) is 0 Å². The molecule has 3 aromatic rings. The van der Waals surface area contributed by atoms with Gasteiger partial charge in [-0.15, -0.1) is 11.3 Å². The minimum absolute atomic E-state index is 0.0575. The first kappa shape index (κ1) is 22.8. The highest BCUT2D eigenvalue weighted by Gasteiger charge is 2.28. The van der Waals surface area contributed by atoms with Gasteiger partial charge in [-0.25, -0.2) is 4.98 Å². The summed E-state index contributed by atoms with van der Waals surface area (Å²) in [5, 5.41) is 8.55. The van der Waals surface area contributed by atoms with Gasteiger partial charge in [0.2, 0.25) is 0 Å². The molecule has 0 unspecified atom stereocenters. The van der Waals surface area contributed by atoms with Crippen molar-refractivity contribution in [3.05, 3.63) is 76.7 Å². The van der Waals surface area contributed by atoms with Gasteiger partial charge in [-0.2, -0.15) is 0 Å². The molecule has 4 rings (SSSR count). The zero-order valence-corrected chi connectivity index (χ0v) is 19.1. The summed E-state index contributed by atoms with van der Waals surface area (Å²) in [7, 11) is 0. The number of nitrogens with zero attached hydrogens (tertiary/aromatic N) is 1. The molecule has 0 radical (unpaired) electrons. The van der Waals surface area contributed by atoms with E-state index in [0.29, 0.717) is 18.1 Å². The van der Waals surface area contributed by atoms with E-state index in [0.717, 1.165) is 36.4 Å². The van der Waals surface area contributed by atoms with Crippen molar-refractivity contribution in [3.8, 4) is 11.5 Å². The third-order valence-electron chi connectivity index (χ3n) is 5.43. The van der Waals surface area contributed by atoms with Crippen molar-refractivity contribution in [2.45, 2.75) is 44.4 Å². The fourth-order valence-corrected chi connectivity index (χ4v) is 4.46. The topological polar surface area (TPSA) is 89.6 Å². The van der Waals surface area contributed by atoms with Crippen LogP contribution in [0.3, 0.4) is 0 Å². The molecule has 2 N–H and O–H groups in total. The summed E-state index contributed by atoms with van der Waals surface area (Å²) >= 11 is 1.39. The first-order valence-corrected chi connectivity index (χ1v) is 12.0. The molecule has 33 heavy (non-hydrogen) atoms. The number of thiazole rings is 1. The minimum Gasteiger partial charge on any atom is -0.486 e. The van der Waals surface area contributed by atoms with Gasteiger partial charge in [0, 0.05) is 17.5 Å². The zero-order valence-electron chi connectivity index (χ0n) is 18.2. The van der Waals surface area contributed by atoms with Crippen LogP contribution in [0.15, 0.2) is 66.0 Å². The lowest BCUT2D eigenvalue weighted by Gasteiger charge is -2.32. The SMILES string of the molecule is O=C(COc1ccccc1)N[C@@H]1CCCC[C@@H]1NC(=O)c1csc(COc2ccccc2)n1. The first-order valence-electron chi connectivity index (χ1n) is 11.1. The highest BCUT2D eigenvalue weighted by molar-refractivity contribution is 7.09. The summed E-state index contributed by atoms with van der Waals surface area (Å²) in [6.45, 7) is 0.253. The van der Waals surface area contributed by atoms with E-state index >= 15 is 0 Å². The molecule has 1 heterocycles. The zero-order chi connectivity index (χ0) is 22.9. The average Bonchev–Trinajstić information content (AvgIpc) is 3.33. The van der Waals surface area contributed by atoms with Crippen molar-refractivity contribution in [2.24, 2.45) is 0 Å². The number of para-hydroxylation sites is 2. The molecule has 1 aromatic heterocycles. The monoisotopic (exact) mass is 465 g/mol. The summed E-state index contributed by atoms with van der Waals surface area (Å²) in [6, 6.07) is 18.5. The lowest BCUT2D eigenvalue weighted by molar-refractivity contribution is -0.124. The lowest BCUT2D eigenvalue weighted by Crippen LogP contribution is -2.54. The Hall–Kier alpha value is -3.39. The smallest absolute Gasteiger partial charge is 0.271 e. The van der Waals surface area contributed by atoms with Crippen molar-refractivity contribution in [1.82, 2.24) is 15.6 Å². The second kappa shape index (κ2) is 11.5. The molecule has 172 valence electrons. The van der Waals surface area contributed by atoms with E-state index in [1.807, 2.05) is 60.7 Å². The van der Waals surface area contributed by atoms with Gasteiger partial charge in [-0.05, 0) is 37.1 Å². The van der Waals surface area contributed by atoms with E-state index in [4.69, 9.17) is 9.47 Å². The van der Waals surface area contributed by atoms with Crippen molar-refractivity contribution in [2.75, 3.05) is 6.61 Å². The Morgan fingerprint density at radius 3 is 2.15 bits per heavy atom. The van der Waals surface area contributed by atoms with E-state index in [-0.39, 0.29) is 30.5 Å². The Kier molecular flexibility index (Phi) is 7.92. The number of ether oxygens (including phenoxy) is 2. The van der Waals surface area contributed by atoms with Crippen LogP contribution in [0, 0.1) is 0 Å². The Bertz CT molecular complexity index is 1040. The quantitative estimate of drug-likeness (QED) is 0.499. The number of rotatable bonds is 9. The highest BCUT2D eigenvalue weighted by atomic mass is 32.1. The van der Waals surface area contributed by atoms with Crippen LogP contribution in [0.5, 0.6) is 11.5 Å². The molecule has 0 aliphatic heterocycles. The molecule has 1 fully saturated rings. The second-order valence-electron chi connectivity index (χ2n) is 7.87. The molecule has 2 atom stereocenters. The molecule has 7 nitrogen and oxygen atoms in total. The third kappa shape index (κ3) is 6.79. The van der Waals surface area contributed by atoms with Crippen molar-refractivity contribution >= 4 is 23.2 Å². The van der Waals surface area contributed by atoms with Crippen molar-refractivity contribution in [3.63, 3.8) is 0 Å². The number of carbonyl (C=O) groups excluding carboxylic acids is 2. The molecule has 2 amide bonds. The van der Waals surface area contributed by atoms with Crippen LogP contribution in [-0.4, -0.2) is 35.5 Å². The second-order valence-corrected chi connectivity index (χ2v) is 8.81. The van der Waals surface area contributed by atoms with E-state index in [1.54, 1.807) is 5.38 Å². The Morgan fingerprint density at radius 2 is 1.48 bits per heavy atom. The summed E-state index contributed by atoms with van der Waals surface area (Å²) in [6.07, 6.45) is 3.64. The molecule has 0 saturated heterocycles. The molecular weight excluding hydrogens is 438 g/mol. The van der Waals surface area contributed by atoms with Gasteiger partial charge in [0.1, 0.15) is 28.8 Å². The van der Waals surface area contributed by atoms with Gasteiger partial charge in [0.05, 0.1) is 0 Å². The summed E-state index contributed by atoms with van der Waals surface area (Å²) in [5.74, 6) is 0.982. The normalized spacial score (nSPS) is 17.7. The van der Waals surface area contributed by atoms with Crippen LogP contribution in [0.1, 0.15) is 41.2 Å². The Morgan fingerprint density at radius 1 is 0.879 bits per heavy atom. The van der Waals surface area contributed by atoms with E-state index in [2.05, 4.69) is 15.6 Å². The number of hydrogen-bond donors (Lipinski definition) is 2. The van der Waals surface area contributed by atoms with Gasteiger partial charge in [0.25, 0.3) is 11.8 Å². The fraction of sp³-hybridized carbons (Fsp3) is 0.320. The molecule has 1 saturated carbocycles. The number of nitrogens with one attached hydrogen (secondary N) is 2. The predicted octanol–water partition coefficient (Wildman–Crippen LogP) is 3.96.